The Balaban J connectivity index is 2.19. The van der Waals surface area contributed by atoms with Gasteiger partial charge in [-0.2, -0.15) is 0 Å². The monoisotopic (exact) mass is 298 g/mol. The number of carbonyl (C=O) groups excluding carboxylic acids is 1. The second-order valence-electron chi connectivity index (χ2n) is 4.64. The highest BCUT2D eigenvalue weighted by Gasteiger charge is 2.10. The van der Waals surface area contributed by atoms with E-state index in [1.54, 1.807) is 0 Å². The van der Waals surface area contributed by atoms with E-state index in [1.165, 1.54) is 49.6 Å². The molecular weight excluding hydrogens is 287 g/mol. The number of benzene rings is 2. The maximum Gasteiger partial charge on any atom is 0.337 e. The molecule has 0 saturated carbocycles. The molecule has 5 nitrogen and oxygen atoms in total. The van der Waals surface area contributed by atoms with Crippen molar-refractivity contribution in [3.8, 4) is 11.4 Å². The van der Waals surface area contributed by atoms with E-state index in [0.717, 1.165) is 0 Å². The van der Waals surface area contributed by atoms with Gasteiger partial charge < -0.3 is 9.72 Å². The van der Waals surface area contributed by atoms with Crippen LogP contribution in [0.1, 0.15) is 10.4 Å². The molecule has 0 aliphatic carbocycles. The summed E-state index contributed by atoms with van der Waals surface area (Å²) >= 11 is 0. The van der Waals surface area contributed by atoms with Crippen LogP contribution in [0.4, 0.5) is 4.39 Å². The smallest absolute Gasteiger partial charge is 0.337 e. The SMILES string of the molecule is COC(=O)c1ccc2c(=O)[nH]c(-c3ccc(F)cc3)nc2c1. The van der Waals surface area contributed by atoms with Crippen LogP contribution in [0.25, 0.3) is 22.3 Å². The molecule has 0 amide bonds. The fraction of sp³-hybridized carbons (Fsp3) is 0.0625. The molecule has 0 atom stereocenters. The Morgan fingerprint density at radius 2 is 1.91 bits per heavy atom. The van der Waals surface area contributed by atoms with E-state index < -0.39 is 5.97 Å². The highest BCUT2D eigenvalue weighted by Crippen LogP contribution is 2.18. The fourth-order valence-corrected chi connectivity index (χ4v) is 2.13. The van der Waals surface area contributed by atoms with Gasteiger partial charge in [0.25, 0.3) is 5.56 Å². The molecule has 0 radical (unpaired) electrons. The van der Waals surface area contributed by atoms with Gasteiger partial charge in [0.2, 0.25) is 0 Å². The van der Waals surface area contributed by atoms with Gasteiger partial charge in [-0.05, 0) is 42.5 Å². The number of methoxy groups -OCH3 is 1. The van der Waals surface area contributed by atoms with Crippen molar-refractivity contribution in [3.05, 3.63) is 64.2 Å². The predicted octanol–water partition coefficient (Wildman–Crippen LogP) is 2.52. The Labute approximate surface area is 124 Å². The minimum Gasteiger partial charge on any atom is -0.465 e. The molecule has 0 saturated heterocycles. The summed E-state index contributed by atoms with van der Waals surface area (Å²) in [5, 5.41) is 0.360. The number of halogens is 1. The Morgan fingerprint density at radius 3 is 2.59 bits per heavy atom. The number of aromatic nitrogens is 2. The first-order valence-electron chi connectivity index (χ1n) is 6.47. The van der Waals surface area contributed by atoms with E-state index in [0.29, 0.717) is 27.9 Å². The van der Waals surface area contributed by atoms with Crippen molar-refractivity contribution >= 4 is 16.9 Å². The fourth-order valence-electron chi connectivity index (χ4n) is 2.13. The molecule has 0 aliphatic heterocycles. The summed E-state index contributed by atoms with van der Waals surface area (Å²) in [6.45, 7) is 0. The first-order chi connectivity index (χ1) is 10.6. The second kappa shape index (κ2) is 5.40. The summed E-state index contributed by atoms with van der Waals surface area (Å²) in [5.74, 6) is -0.577. The number of H-pyrrole nitrogens is 1. The summed E-state index contributed by atoms with van der Waals surface area (Å²) in [4.78, 5) is 30.6. The highest BCUT2D eigenvalue weighted by molar-refractivity contribution is 5.94. The number of carbonyl (C=O) groups is 1. The summed E-state index contributed by atoms with van der Waals surface area (Å²) in [6.07, 6.45) is 0. The lowest BCUT2D eigenvalue weighted by Gasteiger charge is -2.05. The van der Waals surface area contributed by atoms with Crippen molar-refractivity contribution in [1.29, 1.82) is 0 Å². The largest absolute Gasteiger partial charge is 0.465 e. The lowest BCUT2D eigenvalue weighted by Crippen LogP contribution is -2.10. The maximum atomic E-state index is 13.0. The van der Waals surface area contributed by atoms with Crippen LogP contribution in [0.15, 0.2) is 47.3 Å². The Hall–Kier alpha value is -3.02. The number of hydrogen-bond acceptors (Lipinski definition) is 4. The van der Waals surface area contributed by atoms with Gasteiger partial charge in [-0.15, -0.1) is 0 Å². The van der Waals surface area contributed by atoms with E-state index in [9.17, 15) is 14.0 Å². The van der Waals surface area contributed by atoms with Gasteiger partial charge in [-0.1, -0.05) is 0 Å². The number of aromatic amines is 1. The molecule has 22 heavy (non-hydrogen) atoms. The Bertz CT molecular complexity index is 917. The molecule has 0 unspecified atom stereocenters. The average Bonchev–Trinajstić information content (AvgIpc) is 2.54. The van der Waals surface area contributed by atoms with Gasteiger partial charge in [0.05, 0.1) is 23.6 Å². The van der Waals surface area contributed by atoms with Gasteiger partial charge >= 0.3 is 5.97 Å². The van der Waals surface area contributed by atoms with Crippen molar-refractivity contribution in [1.82, 2.24) is 9.97 Å². The number of rotatable bonds is 2. The van der Waals surface area contributed by atoms with Gasteiger partial charge in [0.15, 0.2) is 0 Å². The van der Waals surface area contributed by atoms with Gasteiger partial charge in [0.1, 0.15) is 11.6 Å². The average molecular weight is 298 g/mol. The zero-order valence-corrected chi connectivity index (χ0v) is 11.6. The van der Waals surface area contributed by atoms with Crippen LogP contribution in [-0.4, -0.2) is 23.0 Å². The maximum absolute atomic E-state index is 13.0. The Morgan fingerprint density at radius 1 is 1.18 bits per heavy atom. The minimum atomic E-state index is -0.507. The van der Waals surface area contributed by atoms with E-state index in [1.807, 2.05) is 0 Å². The summed E-state index contributed by atoms with van der Waals surface area (Å²) in [7, 11) is 1.28. The lowest BCUT2D eigenvalue weighted by atomic mass is 10.1. The molecule has 0 bridgehead atoms. The van der Waals surface area contributed by atoms with Gasteiger partial charge in [-0.25, -0.2) is 14.2 Å². The molecule has 0 fully saturated rings. The van der Waals surface area contributed by atoms with Crippen molar-refractivity contribution in [2.45, 2.75) is 0 Å². The topological polar surface area (TPSA) is 72.1 Å². The summed E-state index contributed by atoms with van der Waals surface area (Å²) < 4.78 is 17.6. The van der Waals surface area contributed by atoms with E-state index >= 15 is 0 Å². The van der Waals surface area contributed by atoms with E-state index in [4.69, 9.17) is 0 Å². The first kappa shape index (κ1) is 13.9. The van der Waals surface area contributed by atoms with Crippen molar-refractivity contribution in [2.24, 2.45) is 0 Å². The quantitative estimate of drug-likeness (QED) is 0.738. The normalized spacial score (nSPS) is 10.6. The van der Waals surface area contributed by atoms with Crippen molar-refractivity contribution in [3.63, 3.8) is 0 Å². The molecule has 0 spiro atoms. The van der Waals surface area contributed by atoms with Crippen LogP contribution in [0.2, 0.25) is 0 Å². The highest BCUT2D eigenvalue weighted by atomic mass is 19.1. The predicted molar refractivity (Wildman–Crippen MR) is 79.1 cm³/mol. The van der Waals surface area contributed by atoms with Crippen LogP contribution in [0, 0.1) is 5.82 Å². The van der Waals surface area contributed by atoms with Crippen LogP contribution in [0.5, 0.6) is 0 Å². The second-order valence-corrected chi connectivity index (χ2v) is 4.64. The van der Waals surface area contributed by atoms with Gasteiger partial charge in [0, 0.05) is 5.56 Å². The lowest BCUT2D eigenvalue weighted by molar-refractivity contribution is 0.0601. The first-order valence-corrected chi connectivity index (χ1v) is 6.47. The number of nitrogens with zero attached hydrogens (tertiary/aromatic N) is 1. The molecule has 3 rings (SSSR count). The summed E-state index contributed by atoms with van der Waals surface area (Å²) in [6, 6.07) is 10.1. The van der Waals surface area contributed by atoms with Crippen LogP contribution >= 0.6 is 0 Å². The Kier molecular flexibility index (Phi) is 3.42. The zero-order valence-electron chi connectivity index (χ0n) is 11.6. The van der Waals surface area contributed by atoms with Crippen molar-refractivity contribution in [2.75, 3.05) is 7.11 Å². The van der Waals surface area contributed by atoms with Crippen LogP contribution in [0.3, 0.4) is 0 Å². The number of nitrogens with one attached hydrogen (secondary N) is 1. The third-order valence-electron chi connectivity index (χ3n) is 3.25. The zero-order chi connectivity index (χ0) is 15.7. The van der Waals surface area contributed by atoms with Crippen LogP contribution in [-0.2, 0) is 4.74 Å². The standard InChI is InChI=1S/C16H11FN2O3/c1-22-16(21)10-4-7-12-13(8-10)18-14(19-15(12)20)9-2-5-11(17)6-3-9/h2-8H,1H3,(H,18,19,20). The molecular formula is C16H11FN2O3. The molecule has 1 N–H and O–H groups in total. The molecule has 1 aromatic heterocycles. The van der Waals surface area contributed by atoms with Crippen molar-refractivity contribution < 1.29 is 13.9 Å². The molecule has 2 aromatic carbocycles. The molecule has 6 heteroatoms. The third kappa shape index (κ3) is 2.46. The van der Waals surface area contributed by atoms with Gasteiger partial charge in [-0.3, -0.25) is 4.79 Å². The van der Waals surface area contributed by atoms with E-state index in [-0.39, 0.29) is 11.4 Å². The number of ether oxygens (including phenoxy) is 1. The molecule has 3 aromatic rings. The molecule has 0 aliphatic rings. The number of hydrogen-bond donors (Lipinski definition) is 1. The molecule has 110 valence electrons. The third-order valence-corrected chi connectivity index (χ3v) is 3.25. The number of esters is 1. The minimum absolute atomic E-state index is 0.304. The molecule has 1 heterocycles. The van der Waals surface area contributed by atoms with Crippen LogP contribution < -0.4 is 5.56 Å². The number of fused-ring (bicyclic) bond motifs is 1. The summed E-state index contributed by atoms with van der Waals surface area (Å²) in [5.41, 5.74) is 0.911. The van der Waals surface area contributed by atoms with E-state index in [2.05, 4.69) is 14.7 Å².